The first kappa shape index (κ1) is 34.5. The summed E-state index contributed by atoms with van der Waals surface area (Å²) in [6.45, 7) is 35.5. The number of rotatable bonds is 6. The molecule has 0 nitrogen and oxygen atoms in total. The van der Waals surface area contributed by atoms with Gasteiger partial charge < -0.3 is 0 Å². The zero-order chi connectivity index (χ0) is 21.3. The molecule has 0 saturated heterocycles. The van der Waals surface area contributed by atoms with Crippen LogP contribution >= 0.6 is 0 Å². The van der Waals surface area contributed by atoms with Gasteiger partial charge in [0.2, 0.25) is 0 Å². The van der Waals surface area contributed by atoms with Gasteiger partial charge in [-0.2, -0.15) is 0 Å². The number of hydrogen-bond acceptors (Lipinski definition) is 0. The lowest BCUT2D eigenvalue weighted by molar-refractivity contribution is 0.911. The first-order chi connectivity index (χ1) is 12.0. The third-order valence-electron chi connectivity index (χ3n) is 2.40. The standard InChI is InChI=1S/C16H24.C3H6.2C2H6.C2H4/c1-7-10-14(6)16(13(4)5)15(11-8-2)12-9-3;1-3-2;3*1-2/h7-8,10-11H,2,4,9,12H2,1,3,5-6H3;3H,1H2,2H3;2*1-2H3;1-2H2/b10-7+,15-11+,16-14+;;;;. The Hall–Kier alpha value is -1.82. The second-order valence-electron chi connectivity index (χ2n) is 4.42. The van der Waals surface area contributed by atoms with Gasteiger partial charge in [0.25, 0.3) is 0 Å². The van der Waals surface area contributed by atoms with E-state index in [4.69, 9.17) is 0 Å². The average molecular weight is 347 g/mol. The Bertz CT molecular complexity index is 386. The summed E-state index contributed by atoms with van der Waals surface area (Å²) in [6.07, 6.45) is 12.1. The lowest BCUT2D eigenvalue weighted by Crippen LogP contribution is -1.94. The van der Waals surface area contributed by atoms with Crippen molar-refractivity contribution in [3.63, 3.8) is 0 Å². The molecule has 0 heteroatoms. The number of allylic oxidation sites excluding steroid dienone is 9. The van der Waals surface area contributed by atoms with Crippen LogP contribution in [0.2, 0.25) is 0 Å². The van der Waals surface area contributed by atoms with Crippen molar-refractivity contribution in [3.8, 4) is 0 Å². The van der Waals surface area contributed by atoms with Crippen LogP contribution in [-0.4, -0.2) is 0 Å². The fourth-order valence-corrected chi connectivity index (χ4v) is 1.90. The summed E-state index contributed by atoms with van der Waals surface area (Å²) in [6, 6.07) is 0. The van der Waals surface area contributed by atoms with Gasteiger partial charge in [0.15, 0.2) is 0 Å². The third kappa shape index (κ3) is 24.6. The minimum Gasteiger partial charge on any atom is -0.106 e. The molecule has 0 aromatic carbocycles. The first-order valence-electron chi connectivity index (χ1n) is 9.38. The van der Waals surface area contributed by atoms with E-state index in [-0.39, 0.29) is 0 Å². The monoisotopic (exact) mass is 346 g/mol. The fourth-order valence-electron chi connectivity index (χ4n) is 1.90. The Morgan fingerprint density at radius 2 is 1.32 bits per heavy atom. The van der Waals surface area contributed by atoms with Gasteiger partial charge in [-0.1, -0.05) is 90.2 Å². The normalized spacial score (nSPS) is 10.0. The molecule has 0 aromatic heterocycles. The van der Waals surface area contributed by atoms with Crippen molar-refractivity contribution in [1.82, 2.24) is 0 Å². The molecule has 0 heterocycles. The maximum Gasteiger partial charge on any atom is -0.0172 e. The molecule has 0 bridgehead atoms. The molecule has 0 aliphatic heterocycles. The van der Waals surface area contributed by atoms with E-state index >= 15 is 0 Å². The molecule has 0 amide bonds. The molecule has 25 heavy (non-hydrogen) atoms. The summed E-state index contributed by atoms with van der Waals surface area (Å²) in [7, 11) is 0. The van der Waals surface area contributed by atoms with Crippen molar-refractivity contribution in [2.75, 3.05) is 0 Å². The summed E-state index contributed by atoms with van der Waals surface area (Å²) in [5.74, 6) is 0. The maximum absolute atomic E-state index is 4.08. The molecule has 0 unspecified atom stereocenters. The molecule has 0 fully saturated rings. The van der Waals surface area contributed by atoms with Gasteiger partial charge in [-0.25, -0.2) is 0 Å². The fraction of sp³-hybridized carbons (Fsp3) is 0.440. The van der Waals surface area contributed by atoms with Crippen LogP contribution in [0.3, 0.4) is 0 Å². The van der Waals surface area contributed by atoms with Crippen LogP contribution < -0.4 is 0 Å². The molecular formula is C25H46. The van der Waals surface area contributed by atoms with E-state index in [2.05, 4.69) is 71.9 Å². The molecule has 0 spiro atoms. The topological polar surface area (TPSA) is 0 Å². The molecule has 0 rings (SSSR count). The largest absolute Gasteiger partial charge is 0.106 e. The molecule has 0 saturated carbocycles. The van der Waals surface area contributed by atoms with Crippen LogP contribution in [-0.2, 0) is 0 Å². The minimum atomic E-state index is 1.07. The zero-order valence-corrected chi connectivity index (χ0v) is 18.8. The molecule has 0 radical (unpaired) electrons. The van der Waals surface area contributed by atoms with Crippen molar-refractivity contribution in [2.45, 2.75) is 75.2 Å². The lowest BCUT2D eigenvalue weighted by Gasteiger charge is -2.14. The van der Waals surface area contributed by atoms with Crippen LogP contribution in [0.15, 0.2) is 85.6 Å². The quantitative estimate of drug-likeness (QED) is 0.332. The zero-order valence-electron chi connectivity index (χ0n) is 18.8. The lowest BCUT2D eigenvalue weighted by atomic mass is 9.91. The summed E-state index contributed by atoms with van der Waals surface area (Å²) >= 11 is 0. The second-order valence-corrected chi connectivity index (χ2v) is 4.42. The van der Waals surface area contributed by atoms with Gasteiger partial charge in [0.05, 0.1) is 0 Å². The van der Waals surface area contributed by atoms with Gasteiger partial charge in [0, 0.05) is 0 Å². The average Bonchev–Trinajstić information content (AvgIpc) is 2.61. The first-order valence-corrected chi connectivity index (χ1v) is 9.38. The minimum absolute atomic E-state index is 1.07. The molecule has 0 aromatic rings. The van der Waals surface area contributed by atoms with Gasteiger partial charge in [-0.05, 0) is 50.8 Å². The Morgan fingerprint density at radius 1 is 0.920 bits per heavy atom. The summed E-state index contributed by atoms with van der Waals surface area (Å²) in [5, 5.41) is 0. The summed E-state index contributed by atoms with van der Waals surface area (Å²) in [4.78, 5) is 0. The van der Waals surface area contributed by atoms with Crippen LogP contribution in [0, 0.1) is 0 Å². The molecule has 0 aliphatic carbocycles. The van der Waals surface area contributed by atoms with Crippen molar-refractivity contribution >= 4 is 0 Å². The van der Waals surface area contributed by atoms with E-state index in [1.807, 2.05) is 47.6 Å². The van der Waals surface area contributed by atoms with E-state index in [0.29, 0.717) is 0 Å². The van der Waals surface area contributed by atoms with Gasteiger partial charge in [-0.3, -0.25) is 0 Å². The Labute approximate surface area is 161 Å². The highest BCUT2D eigenvalue weighted by molar-refractivity contribution is 5.51. The Balaban J connectivity index is -0.000000126. The molecule has 146 valence electrons. The van der Waals surface area contributed by atoms with E-state index in [9.17, 15) is 0 Å². The van der Waals surface area contributed by atoms with Crippen molar-refractivity contribution in [3.05, 3.63) is 85.6 Å². The molecule has 0 N–H and O–H groups in total. The summed E-state index contributed by atoms with van der Waals surface area (Å²) < 4.78 is 0. The number of hydrogen-bond donors (Lipinski definition) is 0. The van der Waals surface area contributed by atoms with Crippen LogP contribution in [0.4, 0.5) is 0 Å². The van der Waals surface area contributed by atoms with Crippen LogP contribution in [0.1, 0.15) is 75.2 Å². The van der Waals surface area contributed by atoms with Crippen molar-refractivity contribution in [1.29, 1.82) is 0 Å². The van der Waals surface area contributed by atoms with Gasteiger partial charge in [-0.15, -0.1) is 19.7 Å². The van der Waals surface area contributed by atoms with E-state index in [1.165, 1.54) is 16.7 Å². The molecule has 0 atom stereocenters. The highest BCUT2D eigenvalue weighted by atomic mass is 14.1. The van der Waals surface area contributed by atoms with Gasteiger partial charge in [0.1, 0.15) is 0 Å². The SMILES string of the molecule is C=C.C=C/C=C(CCC)/C(C(=C)C)=C(C)/C=C/C.C=CC.CC.CC. The molecular weight excluding hydrogens is 300 g/mol. The Morgan fingerprint density at radius 3 is 1.56 bits per heavy atom. The Kier molecular flexibility index (Phi) is 46.5. The third-order valence-corrected chi connectivity index (χ3v) is 2.40. The highest BCUT2D eigenvalue weighted by Crippen LogP contribution is 2.26. The van der Waals surface area contributed by atoms with E-state index in [0.717, 1.165) is 18.4 Å². The molecule has 0 aliphatic rings. The van der Waals surface area contributed by atoms with Crippen LogP contribution in [0.25, 0.3) is 0 Å². The van der Waals surface area contributed by atoms with Gasteiger partial charge >= 0.3 is 0 Å². The van der Waals surface area contributed by atoms with E-state index < -0.39 is 0 Å². The van der Waals surface area contributed by atoms with Crippen molar-refractivity contribution < 1.29 is 0 Å². The van der Waals surface area contributed by atoms with Crippen molar-refractivity contribution in [2.24, 2.45) is 0 Å². The van der Waals surface area contributed by atoms with E-state index in [1.54, 1.807) is 6.08 Å². The van der Waals surface area contributed by atoms with Crippen LogP contribution in [0.5, 0.6) is 0 Å². The predicted molar refractivity (Wildman–Crippen MR) is 125 cm³/mol. The highest BCUT2D eigenvalue weighted by Gasteiger charge is 2.07. The summed E-state index contributed by atoms with van der Waals surface area (Å²) in [5.41, 5.74) is 5.01. The maximum atomic E-state index is 4.08. The smallest absolute Gasteiger partial charge is 0.0172 e. The second kappa shape index (κ2) is 33.7. The predicted octanol–water partition coefficient (Wildman–Crippen LogP) is 9.41.